The van der Waals surface area contributed by atoms with E-state index in [2.05, 4.69) is 4.98 Å². The third-order valence-electron chi connectivity index (χ3n) is 6.92. The molecule has 34 heavy (non-hydrogen) atoms. The largest absolute Gasteiger partial charge is 0.511 e. The number of carbonyl (C=O) groups is 1. The first kappa shape index (κ1) is 22.9. The van der Waals surface area contributed by atoms with Gasteiger partial charge in [0.15, 0.2) is 5.78 Å². The number of ether oxygens (including phenoxy) is 2. The molecule has 1 atom stereocenters. The Morgan fingerprint density at radius 3 is 2.56 bits per heavy atom. The number of hydrogen-bond acceptors (Lipinski definition) is 5. The molecule has 0 amide bonds. The number of ketones is 1. The molecular formula is C28H28ClNO4. The average molecular weight is 478 g/mol. The summed E-state index contributed by atoms with van der Waals surface area (Å²) >= 11 is 6.06. The quantitative estimate of drug-likeness (QED) is 0.429. The number of allylic oxidation sites excluding steroid dienone is 2. The van der Waals surface area contributed by atoms with Crippen LogP contribution in [0.1, 0.15) is 42.4 Å². The summed E-state index contributed by atoms with van der Waals surface area (Å²) in [5.41, 5.74) is 3.87. The highest BCUT2D eigenvalue weighted by molar-refractivity contribution is 6.31. The number of Topliss-reactive ketones (excluding diaryl/α,β-unsaturated/α-hetero) is 1. The molecule has 2 aromatic carbocycles. The van der Waals surface area contributed by atoms with Crippen molar-refractivity contribution in [3.63, 3.8) is 0 Å². The highest BCUT2D eigenvalue weighted by Gasteiger charge is 2.36. The van der Waals surface area contributed by atoms with Gasteiger partial charge in [-0.3, -0.25) is 4.79 Å². The summed E-state index contributed by atoms with van der Waals surface area (Å²) < 4.78 is 11.5. The standard InChI is InChI=1S/C28H28ClNO4/c1-16-11-22(34-25-6-3-19-14-21(29)4-5-23(19)30-25)12-17(2)26(16)27-24(31)15-20(28(27)32)13-18-7-9-33-10-8-18/h3-6,11-12,14,18,20,32H,7-10,13,15H2,1-2H3. The van der Waals surface area contributed by atoms with Gasteiger partial charge in [-0.05, 0) is 92.1 Å². The summed E-state index contributed by atoms with van der Waals surface area (Å²) in [6.07, 6.45) is 3.20. The molecule has 0 bridgehead atoms. The van der Waals surface area contributed by atoms with Crippen molar-refractivity contribution in [3.8, 4) is 11.6 Å². The minimum atomic E-state index is -0.101. The fraction of sp³-hybridized carbons (Fsp3) is 0.357. The van der Waals surface area contributed by atoms with E-state index in [1.54, 1.807) is 6.07 Å². The van der Waals surface area contributed by atoms with Crippen LogP contribution in [0.2, 0.25) is 5.02 Å². The van der Waals surface area contributed by atoms with E-state index >= 15 is 0 Å². The van der Waals surface area contributed by atoms with Gasteiger partial charge in [0, 0.05) is 42.0 Å². The van der Waals surface area contributed by atoms with E-state index in [1.807, 2.05) is 50.2 Å². The Labute approximate surface area is 204 Å². The van der Waals surface area contributed by atoms with Gasteiger partial charge in [0.2, 0.25) is 5.88 Å². The summed E-state index contributed by atoms with van der Waals surface area (Å²) in [4.78, 5) is 17.5. The van der Waals surface area contributed by atoms with Crippen LogP contribution in [0.4, 0.5) is 0 Å². The second-order valence-electron chi connectivity index (χ2n) is 9.40. The first-order chi connectivity index (χ1) is 16.4. The van der Waals surface area contributed by atoms with Crippen LogP contribution in [0.3, 0.4) is 0 Å². The van der Waals surface area contributed by atoms with Crippen LogP contribution in [0, 0.1) is 25.7 Å². The molecule has 2 aliphatic rings. The maximum atomic E-state index is 13.0. The SMILES string of the molecule is Cc1cc(Oc2ccc3cc(Cl)ccc3n2)cc(C)c1C1=C(O)C(CC2CCOCC2)CC1=O. The zero-order valence-corrected chi connectivity index (χ0v) is 20.2. The molecule has 0 radical (unpaired) electrons. The summed E-state index contributed by atoms with van der Waals surface area (Å²) in [5.74, 6) is 1.78. The van der Waals surface area contributed by atoms with Crippen molar-refractivity contribution < 1.29 is 19.4 Å². The molecule has 1 aliphatic heterocycles. The molecule has 3 aromatic rings. The number of nitrogens with zero attached hydrogens (tertiary/aromatic N) is 1. The predicted molar refractivity (Wildman–Crippen MR) is 134 cm³/mol. The van der Waals surface area contributed by atoms with Crippen molar-refractivity contribution in [1.29, 1.82) is 0 Å². The smallest absolute Gasteiger partial charge is 0.219 e. The van der Waals surface area contributed by atoms with Crippen LogP contribution in [0.5, 0.6) is 11.6 Å². The van der Waals surface area contributed by atoms with Crippen molar-refractivity contribution in [2.45, 2.75) is 39.5 Å². The van der Waals surface area contributed by atoms with Gasteiger partial charge in [-0.25, -0.2) is 4.98 Å². The highest BCUT2D eigenvalue weighted by atomic mass is 35.5. The second kappa shape index (κ2) is 9.40. The van der Waals surface area contributed by atoms with Crippen LogP contribution >= 0.6 is 11.6 Å². The monoisotopic (exact) mass is 477 g/mol. The number of aliphatic hydroxyl groups excluding tert-OH is 1. The van der Waals surface area contributed by atoms with E-state index in [9.17, 15) is 9.90 Å². The van der Waals surface area contributed by atoms with E-state index in [4.69, 9.17) is 21.1 Å². The average Bonchev–Trinajstić information content (AvgIpc) is 3.07. The predicted octanol–water partition coefficient (Wildman–Crippen LogP) is 6.97. The lowest BCUT2D eigenvalue weighted by Crippen LogP contribution is -2.19. The molecule has 0 spiro atoms. The third kappa shape index (κ3) is 4.55. The Hall–Kier alpha value is -2.89. The summed E-state index contributed by atoms with van der Waals surface area (Å²) in [5, 5.41) is 12.7. The van der Waals surface area contributed by atoms with E-state index in [-0.39, 0.29) is 17.5 Å². The van der Waals surface area contributed by atoms with Crippen molar-refractivity contribution >= 4 is 33.9 Å². The van der Waals surface area contributed by atoms with Crippen LogP contribution in [0.15, 0.2) is 48.2 Å². The zero-order chi connectivity index (χ0) is 23.8. The van der Waals surface area contributed by atoms with Gasteiger partial charge < -0.3 is 14.6 Å². The molecule has 1 saturated heterocycles. The number of carbonyl (C=O) groups excluding carboxylic acids is 1. The molecule has 1 unspecified atom stereocenters. The lowest BCUT2D eigenvalue weighted by atomic mass is 9.88. The molecule has 5 rings (SSSR count). The minimum Gasteiger partial charge on any atom is -0.511 e. The number of aromatic nitrogens is 1. The highest BCUT2D eigenvalue weighted by Crippen LogP contribution is 2.42. The Bertz CT molecular complexity index is 1270. The van der Waals surface area contributed by atoms with Crippen LogP contribution in [-0.4, -0.2) is 29.1 Å². The number of benzene rings is 2. The van der Waals surface area contributed by atoms with Gasteiger partial charge in [-0.2, -0.15) is 0 Å². The van der Waals surface area contributed by atoms with Gasteiger partial charge in [-0.1, -0.05) is 11.6 Å². The molecule has 0 saturated carbocycles. The first-order valence-electron chi connectivity index (χ1n) is 11.8. The van der Waals surface area contributed by atoms with Crippen molar-refractivity contribution in [1.82, 2.24) is 4.98 Å². The molecular weight excluding hydrogens is 450 g/mol. The van der Waals surface area contributed by atoms with E-state index < -0.39 is 0 Å². The normalized spacial score (nSPS) is 19.3. The molecule has 1 aromatic heterocycles. The number of fused-ring (bicyclic) bond motifs is 1. The zero-order valence-electron chi connectivity index (χ0n) is 19.4. The lowest BCUT2D eigenvalue weighted by Gasteiger charge is -2.24. The first-order valence-corrected chi connectivity index (χ1v) is 12.2. The summed E-state index contributed by atoms with van der Waals surface area (Å²) in [6, 6.07) is 13.1. The number of aliphatic hydroxyl groups is 1. The van der Waals surface area contributed by atoms with Gasteiger partial charge in [0.1, 0.15) is 11.5 Å². The maximum absolute atomic E-state index is 13.0. The van der Waals surface area contributed by atoms with Crippen molar-refractivity contribution in [2.75, 3.05) is 13.2 Å². The number of rotatable bonds is 5. The number of halogens is 1. The third-order valence-corrected chi connectivity index (χ3v) is 7.15. The number of pyridine rings is 1. The van der Waals surface area contributed by atoms with E-state index in [1.165, 1.54) is 0 Å². The fourth-order valence-corrected chi connectivity index (χ4v) is 5.43. The number of hydrogen-bond donors (Lipinski definition) is 1. The summed E-state index contributed by atoms with van der Waals surface area (Å²) in [7, 11) is 0. The minimum absolute atomic E-state index is 0.0179. The second-order valence-corrected chi connectivity index (χ2v) is 9.83. The van der Waals surface area contributed by atoms with Gasteiger partial charge >= 0.3 is 0 Å². The van der Waals surface area contributed by atoms with Crippen LogP contribution in [0.25, 0.3) is 16.5 Å². The van der Waals surface area contributed by atoms with Gasteiger partial charge in [0.25, 0.3) is 0 Å². The van der Waals surface area contributed by atoms with Gasteiger partial charge in [0.05, 0.1) is 11.1 Å². The molecule has 2 heterocycles. The van der Waals surface area contributed by atoms with E-state index in [0.29, 0.717) is 34.6 Å². The Morgan fingerprint density at radius 2 is 1.82 bits per heavy atom. The Morgan fingerprint density at radius 1 is 1.09 bits per heavy atom. The van der Waals surface area contributed by atoms with Crippen LogP contribution < -0.4 is 4.74 Å². The molecule has 176 valence electrons. The van der Waals surface area contributed by atoms with Crippen molar-refractivity contribution in [2.24, 2.45) is 11.8 Å². The topological polar surface area (TPSA) is 68.7 Å². The lowest BCUT2D eigenvalue weighted by molar-refractivity contribution is -0.113. The molecule has 5 nitrogen and oxygen atoms in total. The maximum Gasteiger partial charge on any atom is 0.219 e. The number of aryl methyl sites for hydroxylation is 2. The van der Waals surface area contributed by atoms with Gasteiger partial charge in [-0.15, -0.1) is 0 Å². The summed E-state index contributed by atoms with van der Waals surface area (Å²) in [6.45, 7) is 5.43. The van der Waals surface area contributed by atoms with Crippen molar-refractivity contribution in [3.05, 3.63) is 69.9 Å². The Kier molecular flexibility index (Phi) is 6.32. The molecule has 1 fully saturated rings. The van der Waals surface area contributed by atoms with E-state index in [0.717, 1.165) is 60.1 Å². The van der Waals surface area contributed by atoms with Crippen LogP contribution in [-0.2, 0) is 9.53 Å². The fourth-order valence-electron chi connectivity index (χ4n) is 5.25. The molecule has 1 aliphatic carbocycles. The Balaban J connectivity index is 1.40. The molecule has 6 heteroatoms. The molecule has 1 N–H and O–H groups in total.